The topological polar surface area (TPSA) is 66.4 Å². The molecule has 0 aromatic heterocycles. The normalized spacial score (nSPS) is 20.7. The number of aliphatic hydroxyl groups is 1. The van der Waals surface area contributed by atoms with Crippen LogP contribution >= 0.6 is 0 Å². The molecule has 0 bridgehead atoms. The predicted octanol–water partition coefficient (Wildman–Crippen LogP) is 2.60. The first-order chi connectivity index (χ1) is 10.0. The highest BCUT2D eigenvalue weighted by Gasteiger charge is 2.43. The van der Waals surface area contributed by atoms with E-state index in [-0.39, 0.29) is 10.9 Å². The Morgan fingerprint density at radius 1 is 1.24 bits per heavy atom. The largest absolute Gasteiger partial charge is 0.388 e. The van der Waals surface area contributed by atoms with Crippen molar-refractivity contribution in [1.82, 2.24) is 4.72 Å². The van der Waals surface area contributed by atoms with E-state index in [0.717, 1.165) is 25.7 Å². The second-order valence-corrected chi connectivity index (χ2v) is 8.03. The van der Waals surface area contributed by atoms with Gasteiger partial charge in [-0.05, 0) is 61.6 Å². The van der Waals surface area contributed by atoms with Crippen LogP contribution in [0.25, 0.3) is 0 Å². The molecule has 0 amide bonds. The van der Waals surface area contributed by atoms with E-state index in [0.29, 0.717) is 23.8 Å². The molecule has 0 saturated heterocycles. The van der Waals surface area contributed by atoms with Crippen molar-refractivity contribution in [2.45, 2.75) is 56.1 Å². The van der Waals surface area contributed by atoms with Gasteiger partial charge in [0, 0.05) is 6.04 Å². The van der Waals surface area contributed by atoms with Gasteiger partial charge < -0.3 is 5.11 Å². The third kappa shape index (κ3) is 3.47. The zero-order chi connectivity index (χ0) is 15.0. The van der Waals surface area contributed by atoms with Gasteiger partial charge in [-0.3, -0.25) is 0 Å². The van der Waals surface area contributed by atoms with Crippen LogP contribution < -0.4 is 4.72 Å². The third-order valence-corrected chi connectivity index (χ3v) is 5.95. The molecule has 21 heavy (non-hydrogen) atoms. The van der Waals surface area contributed by atoms with E-state index in [2.05, 4.69) is 4.72 Å². The Balaban J connectivity index is 1.80. The fourth-order valence-electron chi connectivity index (χ4n) is 2.86. The van der Waals surface area contributed by atoms with Gasteiger partial charge in [-0.1, -0.05) is 19.1 Å². The quantitative estimate of drug-likeness (QED) is 0.813. The van der Waals surface area contributed by atoms with Crippen LogP contribution in [-0.4, -0.2) is 19.6 Å². The average molecular weight is 309 g/mol. The van der Waals surface area contributed by atoms with E-state index in [1.165, 1.54) is 0 Å². The number of aliphatic hydroxyl groups excluding tert-OH is 1. The number of hydrogen-bond donors (Lipinski definition) is 2. The summed E-state index contributed by atoms with van der Waals surface area (Å²) in [6, 6.07) is 6.77. The number of benzene rings is 1. The van der Waals surface area contributed by atoms with E-state index in [1.807, 2.05) is 6.92 Å². The summed E-state index contributed by atoms with van der Waals surface area (Å²) in [6.07, 6.45) is 4.51. The molecule has 0 spiro atoms. The van der Waals surface area contributed by atoms with Crippen LogP contribution in [0.1, 0.15) is 50.7 Å². The molecule has 2 aliphatic rings. The molecular formula is C16H23NO3S. The maximum absolute atomic E-state index is 12.6. The Morgan fingerprint density at radius 3 is 2.38 bits per heavy atom. The standard InChI is InChI=1S/C16H23NO3S/c1-2-15(18)13-4-3-5-14(10-13)21(19,20)17-16(11-6-7-11)12-8-9-12/h3-5,10-12,15-18H,2,6-9H2,1H3. The fourth-order valence-corrected chi connectivity index (χ4v) is 4.29. The van der Waals surface area contributed by atoms with Crippen LogP contribution in [-0.2, 0) is 10.0 Å². The average Bonchev–Trinajstić information content (AvgIpc) is 3.37. The summed E-state index contributed by atoms with van der Waals surface area (Å²) in [7, 11) is -3.49. The van der Waals surface area contributed by atoms with Crippen LogP contribution in [0.2, 0.25) is 0 Å². The molecule has 1 atom stereocenters. The zero-order valence-corrected chi connectivity index (χ0v) is 13.1. The maximum atomic E-state index is 12.6. The summed E-state index contributed by atoms with van der Waals surface area (Å²) in [5, 5.41) is 9.88. The molecule has 1 aromatic rings. The van der Waals surface area contributed by atoms with Crippen LogP contribution in [0.5, 0.6) is 0 Å². The molecular weight excluding hydrogens is 286 g/mol. The first-order valence-corrected chi connectivity index (χ1v) is 9.30. The summed E-state index contributed by atoms with van der Waals surface area (Å²) >= 11 is 0. The Kier molecular flexibility index (Phi) is 4.08. The monoisotopic (exact) mass is 309 g/mol. The van der Waals surface area contributed by atoms with Crippen LogP contribution in [0.4, 0.5) is 0 Å². The van der Waals surface area contributed by atoms with Gasteiger partial charge in [0.05, 0.1) is 11.0 Å². The lowest BCUT2D eigenvalue weighted by Gasteiger charge is -2.18. The van der Waals surface area contributed by atoms with Gasteiger partial charge in [0.2, 0.25) is 10.0 Å². The van der Waals surface area contributed by atoms with Crippen molar-refractivity contribution >= 4 is 10.0 Å². The molecule has 2 saturated carbocycles. The fraction of sp³-hybridized carbons (Fsp3) is 0.625. The molecule has 0 heterocycles. The minimum atomic E-state index is -3.49. The van der Waals surface area contributed by atoms with Gasteiger partial charge in [-0.25, -0.2) is 13.1 Å². The Bertz CT molecular complexity index is 594. The summed E-state index contributed by atoms with van der Waals surface area (Å²) in [6.45, 7) is 1.88. The molecule has 3 rings (SSSR count). The van der Waals surface area contributed by atoms with E-state index in [9.17, 15) is 13.5 Å². The smallest absolute Gasteiger partial charge is 0.240 e. The lowest BCUT2D eigenvalue weighted by atomic mass is 10.1. The van der Waals surface area contributed by atoms with Gasteiger partial charge in [0.1, 0.15) is 0 Å². The van der Waals surface area contributed by atoms with Crippen molar-refractivity contribution < 1.29 is 13.5 Å². The summed E-state index contributed by atoms with van der Waals surface area (Å²) in [5.74, 6) is 1.05. The van der Waals surface area contributed by atoms with Gasteiger partial charge in [0.15, 0.2) is 0 Å². The second kappa shape index (κ2) is 5.71. The first kappa shape index (κ1) is 15.0. The third-order valence-electron chi connectivity index (χ3n) is 4.49. The van der Waals surface area contributed by atoms with E-state index in [1.54, 1.807) is 24.3 Å². The zero-order valence-electron chi connectivity index (χ0n) is 12.3. The molecule has 1 unspecified atom stereocenters. The van der Waals surface area contributed by atoms with Crippen LogP contribution in [0.15, 0.2) is 29.2 Å². The lowest BCUT2D eigenvalue weighted by molar-refractivity contribution is 0.173. The highest BCUT2D eigenvalue weighted by molar-refractivity contribution is 7.89. The minimum Gasteiger partial charge on any atom is -0.388 e. The number of rotatable bonds is 7. The minimum absolute atomic E-state index is 0.106. The molecule has 2 N–H and O–H groups in total. The van der Waals surface area contributed by atoms with E-state index in [4.69, 9.17) is 0 Å². The second-order valence-electron chi connectivity index (χ2n) is 6.32. The summed E-state index contributed by atoms with van der Waals surface area (Å²) < 4.78 is 28.1. The van der Waals surface area contributed by atoms with Gasteiger partial charge in [-0.15, -0.1) is 0 Å². The van der Waals surface area contributed by atoms with E-state index >= 15 is 0 Å². The van der Waals surface area contributed by atoms with Gasteiger partial charge >= 0.3 is 0 Å². The predicted molar refractivity (Wildman–Crippen MR) is 81.3 cm³/mol. The molecule has 4 nitrogen and oxygen atoms in total. The van der Waals surface area contributed by atoms with Crippen molar-refractivity contribution in [3.05, 3.63) is 29.8 Å². The summed E-state index contributed by atoms with van der Waals surface area (Å²) in [4.78, 5) is 0.263. The van der Waals surface area contributed by atoms with Crippen molar-refractivity contribution in [2.75, 3.05) is 0 Å². The molecule has 2 aliphatic carbocycles. The van der Waals surface area contributed by atoms with Crippen molar-refractivity contribution in [3.8, 4) is 0 Å². The van der Waals surface area contributed by atoms with Crippen molar-refractivity contribution in [3.63, 3.8) is 0 Å². The summed E-state index contributed by atoms with van der Waals surface area (Å²) in [5.41, 5.74) is 0.662. The Labute approximate surface area is 126 Å². The Hall–Kier alpha value is -0.910. The maximum Gasteiger partial charge on any atom is 0.240 e. The van der Waals surface area contributed by atoms with Gasteiger partial charge in [0.25, 0.3) is 0 Å². The van der Waals surface area contributed by atoms with Crippen LogP contribution in [0.3, 0.4) is 0 Å². The number of hydrogen-bond acceptors (Lipinski definition) is 3. The number of nitrogens with one attached hydrogen (secondary N) is 1. The highest BCUT2D eigenvalue weighted by atomic mass is 32.2. The van der Waals surface area contributed by atoms with E-state index < -0.39 is 16.1 Å². The molecule has 0 radical (unpaired) electrons. The number of sulfonamides is 1. The molecule has 2 fully saturated rings. The first-order valence-electron chi connectivity index (χ1n) is 7.81. The molecule has 5 heteroatoms. The lowest BCUT2D eigenvalue weighted by Crippen LogP contribution is -2.38. The molecule has 1 aromatic carbocycles. The van der Waals surface area contributed by atoms with Crippen LogP contribution in [0, 0.1) is 11.8 Å². The molecule has 116 valence electrons. The highest BCUT2D eigenvalue weighted by Crippen LogP contribution is 2.45. The molecule has 0 aliphatic heterocycles. The van der Waals surface area contributed by atoms with Crippen molar-refractivity contribution in [2.24, 2.45) is 11.8 Å². The van der Waals surface area contributed by atoms with Gasteiger partial charge in [-0.2, -0.15) is 0 Å². The van der Waals surface area contributed by atoms with Crippen molar-refractivity contribution in [1.29, 1.82) is 0 Å². The Morgan fingerprint density at radius 2 is 1.86 bits per heavy atom. The SMILES string of the molecule is CCC(O)c1cccc(S(=O)(=O)NC(C2CC2)C2CC2)c1.